The fourth-order valence-electron chi connectivity index (χ4n) is 2.25. The molecule has 106 valence electrons. The predicted octanol–water partition coefficient (Wildman–Crippen LogP) is 1.04. The van der Waals surface area contributed by atoms with Gasteiger partial charge < -0.3 is 14.7 Å². The van der Waals surface area contributed by atoms with Crippen molar-refractivity contribution in [3.05, 3.63) is 0 Å². The minimum atomic E-state index is -4.59. The molecule has 0 spiro atoms. The number of carbonyl (C=O) groups is 1. The van der Waals surface area contributed by atoms with Crippen molar-refractivity contribution in [1.82, 2.24) is 4.90 Å². The smallest absolute Gasteiger partial charge is 0.415 e. The molecule has 1 N–H and O–H groups in total. The molecule has 18 heavy (non-hydrogen) atoms. The fraction of sp³-hybridized carbons (Fsp3) is 0.909. The molecule has 1 aliphatic rings. The van der Waals surface area contributed by atoms with Gasteiger partial charge >= 0.3 is 12.1 Å². The highest BCUT2D eigenvalue weighted by atomic mass is 19.4. The molecule has 1 saturated heterocycles. The van der Waals surface area contributed by atoms with Crippen LogP contribution in [-0.4, -0.2) is 55.0 Å². The molecule has 1 heterocycles. The number of nitrogens with zero attached hydrogens (tertiary/aromatic N) is 1. The van der Waals surface area contributed by atoms with E-state index < -0.39 is 18.8 Å². The molecule has 0 saturated carbocycles. The van der Waals surface area contributed by atoms with Gasteiger partial charge in [0.1, 0.15) is 0 Å². The van der Waals surface area contributed by atoms with E-state index in [9.17, 15) is 18.0 Å². The molecule has 0 aromatic heterocycles. The van der Waals surface area contributed by atoms with Gasteiger partial charge in [-0.3, -0.25) is 4.79 Å². The summed E-state index contributed by atoms with van der Waals surface area (Å²) in [4.78, 5) is 12.9. The molecule has 1 aliphatic heterocycles. The van der Waals surface area contributed by atoms with Gasteiger partial charge in [-0.2, -0.15) is 13.2 Å². The number of methoxy groups -OCH3 is 1. The normalized spacial score (nSPS) is 27.9. The Kier molecular flexibility index (Phi) is 4.98. The van der Waals surface area contributed by atoms with Gasteiger partial charge in [-0.05, 0) is 18.9 Å². The summed E-state index contributed by atoms with van der Waals surface area (Å²) in [5.41, 5.74) is 0. The van der Waals surface area contributed by atoms with Gasteiger partial charge in [-0.15, -0.1) is 0 Å². The van der Waals surface area contributed by atoms with Crippen molar-refractivity contribution in [1.29, 1.82) is 0 Å². The van der Waals surface area contributed by atoms with Crippen LogP contribution >= 0.6 is 0 Å². The van der Waals surface area contributed by atoms with Gasteiger partial charge in [0, 0.05) is 13.1 Å². The Morgan fingerprint density at radius 1 is 1.56 bits per heavy atom. The molecule has 1 rings (SSSR count). The van der Waals surface area contributed by atoms with Crippen LogP contribution in [0.15, 0.2) is 0 Å². The van der Waals surface area contributed by atoms with E-state index in [1.165, 1.54) is 12.0 Å². The fourth-order valence-corrected chi connectivity index (χ4v) is 2.25. The summed E-state index contributed by atoms with van der Waals surface area (Å²) < 4.78 is 41.3. The quantitative estimate of drug-likeness (QED) is 0.778. The molecule has 3 atom stereocenters. The number of aliphatic hydroxyl groups is 1. The second kappa shape index (κ2) is 5.88. The number of esters is 1. The van der Waals surface area contributed by atoms with Crippen molar-refractivity contribution in [3.8, 4) is 0 Å². The van der Waals surface area contributed by atoms with Crippen LogP contribution in [0.25, 0.3) is 0 Å². The van der Waals surface area contributed by atoms with E-state index in [2.05, 4.69) is 4.74 Å². The van der Waals surface area contributed by atoms with Crippen LogP contribution in [0.2, 0.25) is 0 Å². The Labute approximate surface area is 104 Å². The zero-order valence-electron chi connectivity index (χ0n) is 10.4. The number of aliphatic hydroxyl groups excluding tert-OH is 1. The molecule has 0 aliphatic carbocycles. The first-order chi connectivity index (χ1) is 8.25. The lowest BCUT2D eigenvalue weighted by Crippen LogP contribution is -2.48. The number of hydrogen-bond acceptors (Lipinski definition) is 4. The van der Waals surface area contributed by atoms with Crippen molar-refractivity contribution in [2.24, 2.45) is 11.8 Å². The van der Waals surface area contributed by atoms with Crippen LogP contribution in [0.4, 0.5) is 13.2 Å². The van der Waals surface area contributed by atoms with E-state index in [1.807, 2.05) is 0 Å². The second-order valence-corrected chi connectivity index (χ2v) is 4.71. The minimum absolute atomic E-state index is 0.0772. The topological polar surface area (TPSA) is 49.8 Å². The highest BCUT2D eigenvalue weighted by molar-refractivity contribution is 5.72. The highest BCUT2D eigenvalue weighted by Gasteiger charge is 2.41. The van der Waals surface area contributed by atoms with E-state index >= 15 is 0 Å². The maximum absolute atomic E-state index is 12.2. The standard InChI is InChI=1S/C11H18F3NO3/c1-7-5-15(6-9(16)11(12,13)14)4-3-8(7)10(17)18-2/h7-9,16H,3-6H2,1-2H3/t7-,8+,9-/m0/s1. The van der Waals surface area contributed by atoms with E-state index in [4.69, 9.17) is 5.11 Å². The molecule has 0 amide bonds. The van der Waals surface area contributed by atoms with Gasteiger partial charge in [-0.25, -0.2) is 0 Å². The van der Waals surface area contributed by atoms with E-state index in [1.54, 1.807) is 6.92 Å². The number of hydrogen-bond donors (Lipinski definition) is 1. The zero-order chi connectivity index (χ0) is 13.9. The Hall–Kier alpha value is -0.820. The van der Waals surface area contributed by atoms with Crippen LogP contribution in [0.1, 0.15) is 13.3 Å². The number of rotatable bonds is 3. The van der Waals surface area contributed by atoms with Crippen LogP contribution < -0.4 is 0 Å². The average Bonchev–Trinajstić information content (AvgIpc) is 2.27. The lowest BCUT2D eigenvalue weighted by Gasteiger charge is -2.36. The molecular weight excluding hydrogens is 251 g/mol. The molecular formula is C11H18F3NO3. The van der Waals surface area contributed by atoms with Crippen LogP contribution in [0.3, 0.4) is 0 Å². The van der Waals surface area contributed by atoms with Gasteiger partial charge in [0.2, 0.25) is 0 Å². The van der Waals surface area contributed by atoms with Crippen molar-refractivity contribution < 1.29 is 27.8 Å². The van der Waals surface area contributed by atoms with Crippen molar-refractivity contribution in [2.75, 3.05) is 26.7 Å². The first kappa shape index (κ1) is 15.2. The SMILES string of the molecule is COC(=O)[C@@H]1CCN(C[C@H](O)C(F)(F)F)C[C@@H]1C. The number of carbonyl (C=O) groups excluding carboxylic acids is 1. The Balaban J connectivity index is 2.49. The van der Waals surface area contributed by atoms with Crippen LogP contribution in [0, 0.1) is 11.8 Å². The van der Waals surface area contributed by atoms with E-state index in [-0.39, 0.29) is 17.8 Å². The summed E-state index contributed by atoms with van der Waals surface area (Å²) in [7, 11) is 1.30. The van der Waals surface area contributed by atoms with Gasteiger partial charge in [-0.1, -0.05) is 6.92 Å². The lowest BCUT2D eigenvalue weighted by molar-refractivity contribution is -0.209. The molecule has 0 aromatic rings. The predicted molar refractivity (Wildman–Crippen MR) is 57.8 cm³/mol. The highest BCUT2D eigenvalue weighted by Crippen LogP contribution is 2.26. The maximum atomic E-state index is 12.2. The number of ether oxygens (including phenoxy) is 1. The Morgan fingerprint density at radius 3 is 2.61 bits per heavy atom. The maximum Gasteiger partial charge on any atom is 0.415 e. The number of piperidine rings is 1. The number of alkyl halides is 3. The largest absolute Gasteiger partial charge is 0.469 e. The minimum Gasteiger partial charge on any atom is -0.469 e. The van der Waals surface area contributed by atoms with Crippen LogP contribution in [-0.2, 0) is 9.53 Å². The van der Waals surface area contributed by atoms with Gasteiger partial charge in [0.15, 0.2) is 6.10 Å². The lowest BCUT2D eigenvalue weighted by atomic mass is 9.87. The summed E-state index contributed by atoms with van der Waals surface area (Å²) in [6, 6.07) is 0. The third-order valence-electron chi connectivity index (χ3n) is 3.30. The van der Waals surface area contributed by atoms with E-state index in [0.717, 1.165) is 0 Å². The molecule has 7 heteroatoms. The molecule has 0 bridgehead atoms. The molecule has 1 fully saturated rings. The first-order valence-electron chi connectivity index (χ1n) is 5.80. The number of β-amino-alcohol motifs (C(OH)–C–C–N with tert-alkyl or cyclic N) is 1. The average molecular weight is 269 g/mol. The summed E-state index contributed by atoms with van der Waals surface area (Å²) in [5, 5.41) is 8.99. The Morgan fingerprint density at radius 2 is 2.17 bits per heavy atom. The number of likely N-dealkylation sites (tertiary alicyclic amines) is 1. The van der Waals surface area contributed by atoms with Crippen molar-refractivity contribution >= 4 is 5.97 Å². The summed E-state index contributed by atoms with van der Waals surface area (Å²) in [6.45, 7) is 2.07. The van der Waals surface area contributed by atoms with Gasteiger partial charge in [0.25, 0.3) is 0 Å². The van der Waals surface area contributed by atoms with E-state index in [0.29, 0.717) is 19.5 Å². The molecule has 0 unspecified atom stereocenters. The number of halogens is 3. The molecule has 0 aromatic carbocycles. The Bertz CT molecular complexity index is 296. The third-order valence-corrected chi connectivity index (χ3v) is 3.30. The van der Waals surface area contributed by atoms with Crippen molar-refractivity contribution in [2.45, 2.75) is 25.6 Å². The molecule has 4 nitrogen and oxygen atoms in total. The summed E-state index contributed by atoms with van der Waals surface area (Å²) in [5.74, 6) is -0.667. The molecule has 0 radical (unpaired) electrons. The monoisotopic (exact) mass is 269 g/mol. The van der Waals surface area contributed by atoms with Gasteiger partial charge in [0.05, 0.1) is 13.0 Å². The summed E-state index contributed by atoms with van der Waals surface area (Å²) >= 11 is 0. The van der Waals surface area contributed by atoms with Crippen LogP contribution in [0.5, 0.6) is 0 Å². The second-order valence-electron chi connectivity index (χ2n) is 4.71. The third kappa shape index (κ3) is 3.84. The first-order valence-corrected chi connectivity index (χ1v) is 5.80. The zero-order valence-corrected chi connectivity index (χ0v) is 10.4. The van der Waals surface area contributed by atoms with Crippen molar-refractivity contribution in [3.63, 3.8) is 0 Å². The summed E-state index contributed by atoms with van der Waals surface area (Å²) in [6.07, 6.45) is -6.47.